The Morgan fingerprint density at radius 3 is 2.18 bits per heavy atom. The Morgan fingerprint density at radius 1 is 1.45 bits per heavy atom. The highest BCUT2D eigenvalue weighted by molar-refractivity contribution is 4.90. The van der Waals surface area contributed by atoms with Crippen LogP contribution in [0.15, 0.2) is 0 Å². The molecule has 0 spiro atoms. The summed E-state index contributed by atoms with van der Waals surface area (Å²) in [5.41, 5.74) is 0. The highest BCUT2D eigenvalue weighted by atomic mass is 16.7. The number of aliphatic hydroxyl groups is 3. The molecule has 1 saturated heterocycles. The van der Waals surface area contributed by atoms with Gasteiger partial charge in [-0.15, -0.1) is 0 Å². The van der Waals surface area contributed by atoms with Crippen LogP contribution < -0.4 is 0 Å². The molecular weight excluding hydrogens is 148 g/mol. The highest BCUT2D eigenvalue weighted by Crippen LogP contribution is 2.33. The van der Waals surface area contributed by atoms with Gasteiger partial charge in [0.05, 0.1) is 18.8 Å². The molecule has 0 aromatic heterocycles. The third-order valence-corrected chi connectivity index (χ3v) is 2.32. The first kappa shape index (κ1) is 8.93. The van der Waals surface area contributed by atoms with Crippen LogP contribution in [0.2, 0.25) is 0 Å². The second-order valence-electron chi connectivity index (χ2n) is 3.11. The van der Waals surface area contributed by atoms with Gasteiger partial charge >= 0.3 is 0 Å². The maximum atomic E-state index is 9.48. The second-order valence-corrected chi connectivity index (χ2v) is 3.11. The summed E-state index contributed by atoms with van der Waals surface area (Å²) in [7, 11) is 0. The molecule has 4 atom stereocenters. The van der Waals surface area contributed by atoms with Crippen molar-refractivity contribution in [2.24, 2.45) is 5.92 Å². The van der Waals surface area contributed by atoms with Crippen molar-refractivity contribution in [2.75, 3.05) is 6.61 Å². The van der Waals surface area contributed by atoms with Crippen LogP contribution in [0, 0.1) is 5.92 Å². The monoisotopic (exact) mass is 162 g/mol. The summed E-state index contributed by atoms with van der Waals surface area (Å²) >= 11 is 0. The van der Waals surface area contributed by atoms with Crippen molar-refractivity contribution in [2.45, 2.75) is 31.8 Å². The maximum Gasteiger partial charge on any atom is 0.194 e. The molecule has 0 aromatic carbocycles. The minimum Gasteiger partial charge on any atom is -0.391 e. The zero-order valence-corrected chi connectivity index (χ0v) is 6.69. The minimum absolute atomic E-state index is 0.415. The molecule has 1 aliphatic heterocycles. The highest BCUT2D eigenvalue weighted by Gasteiger charge is 2.49. The van der Waals surface area contributed by atoms with E-state index < -0.39 is 30.5 Å². The molecule has 4 unspecified atom stereocenters. The number of rotatable bonds is 1. The molecule has 66 valence electrons. The van der Waals surface area contributed by atoms with Gasteiger partial charge in [0.15, 0.2) is 5.79 Å². The molecule has 3 N–H and O–H groups in total. The molecule has 0 aromatic rings. The van der Waals surface area contributed by atoms with E-state index in [1.54, 1.807) is 13.8 Å². The van der Waals surface area contributed by atoms with Crippen molar-refractivity contribution >= 4 is 0 Å². The van der Waals surface area contributed by atoms with Crippen molar-refractivity contribution in [1.82, 2.24) is 0 Å². The molecule has 0 bridgehead atoms. The smallest absolute Gasteiger partial charge is 0.194 e. The second kappa shape index (κ2) is 2.71. The Labute approximate surface area is 65.4 Å². The Kier molecular flexibility index (Phi) is 2.20. The van der Waals surface area contributed by atoms with Gasteiger partial charge in [-0.1, -0.05) is 6.92 Å². The summed E-state index contributed by atoms with van der Waals surface area (Å²) in [4.78, 5) is 0. The zero-order chi connectivity index (χ0) is 8.65. The van der Waals surface area contributed by atoms with Crippen molar-refractivity contribution in [3.8, 4) is 0 Å². The van der Waals surface area contributed by atoms with Gasteiger partial charge < -0.3 is 20.1 Å². The van der Waals surface area contributed by atoms with E-state index in [4.69, 9.17) is 9.84 Å². The Morgan fingerprint density at radius 2 is 2.00 bits per heavy atom. The number of aliphatic hydroxyl groups excluding tert-OH is 2. The molecular formula is C7H14O4. The van der Waals surface area contributed by atoms with E-state index in [-0.39, 0.29) is 0 Å². The van der Waals surface area contributed by atoms with E-state index >= 15 is 0 Å². The van der Waals surface area contributed by atoms with Crippen molar-refractivity contribution in [1.29, 1.82) is 0 Å². The van der Waals surface area contributed by atoms with Gasteiger partial charge in [-0.3, -0.25) is 0 Å². The lowest BCUT2D eigenvalue weighted by Crippen LogP contribution is -2.39. The Hall–Kier alpha value is -0.160. The van der Waals surface area contributed by atoms with Gasteiger partial charge in [0.1, 0.15) is 0 Å². The Bertz CT molecular complexity index is 149. The normalized spacial score (nSPS) is 51.5. The van der Waals surface area contributed by atoms with Crippen LogP contribution in [0.3, 0.4) is 0 Å². The summed E-state index contributed by atoms with van der Waals surface area (Å²) in [6.45, 7) is 2.83. The van der Waals surface area contributed by atoms with Gasteiger partial charge in [-0.05, 0) is 6.92 Å². The van der Waals surface area contributed by atoms with E-state index in [0.29, 0.717) is 0 Å². The SMILES string of the molecule is CC1OC(O)(CO)C(C)C1O. The third-order valence-electron chi connectivity index (χ3n) is 2.32. The lowest BCUT2D eigenvalue weighted by atomic mass is 9.96. The van der Waals surface area contributed by atoms with Crippen molar-refractivity contribution < 1.29 is 20.1 Å². The first-order chi connectivity index (χ1) is 5.01. The van der Waals surface area contributed by atoms with Crippen LogP contribution in [0.5, 0.6) is 0 Å². The molecule has 4 nitrogen and oxygen atoms in total. The average molecular weight is 162 g/mol. The minimum atomic E-state index is -1.56. The Balaban J connectivity index is 2.73. The van der Waals surface area contributed by atoms with Crippen LogP contribution in [0.1, 0.15) is 13.8 Å². The van der Waals surface area contributed by atoms with E-state index in [1.165, 1.54) is 0 Å². The summed E-state index contributed by atoms with van der Waals surface area (Å²) in [6, 6.07) is 0. The fourth-order valence-corrected chi connectivity index (χ4v) is 1.35. The molecule has 0 aliphatic carbocycles. The number of hydrogen-bond acceptors (Lipinski definition) is 4. The van der Waals surface area contributed by atoms with E-state index in [9.17, 15) is 10.2 Å². The summed E-state index contributed by atoms with van der Waals surface area (Å²) < 4.78 is 4.98. The van der Waals surface area contributed by atoms with Crippen LogP contribution in [0.25, 0.3) is 0 Å². The fraction of sp³-hybridized carbons (Fsp3) is 1.00. The molecule has 1 fully saturated rings. The predicted octanol–water partition coefficient (Wildman–Crippen LogP) is -0.917. The molecule has 0 amide bonds. The van der Waals surface area contributed by atoms with Crippen molar-refractivity contribution in [3.05, 3.63) is 0 Å². The third kappa shape index (κ3) is 1.27. The first-order valence-corrected chi connectivity index (χ1v) is 3.70. The van der Waals surface area contributed by atoms with Gasteiger partial charge in [-0.25, -0.2) is 0 Å². The number of ether oxygens (including phenoxy) is 1. The number of hydrogen-bond donors (Lipinski definition) is 3. The van der Waals surface area contributed by atoms with Crippen molar-refractivity contribution in [3.63, 3.8) is 0 Å². The average Bonchev–Trinajstić information content (AvgIpc) is 2.17. The maximum absolute atomic E-state index is 9.48. The van der Waals surface area contributed by atoms with Crippen LogP contribution >= 0.6 is 0 Å². The topological polar surface area (TPSA) is 69.9 Å². The zero-order valence-electron chi connectivity index (χ0n) is 6.69. The molecule has 1 heterocycles. The standard InChI is InChI=1S/C7H14O4/c1-4-6(9)5(2)11-7(4,10)3-8/h4-6,8-10H,3H2,1-2H3. The lowest BCUT2D eigenvalue weighted by molar-refractivity contribution is -0.226. The molecule has 0 radical (unpaired) electrons. The molecule has 1 rings (SSSR count). The van der Waals surface area contributed by atoms with E-state index in [1.807, 2.05) is 0 Å². The fourth-order valence-electron chi connectivity index (χ4n) is 1.35. The van der Waals surface area contributed by atoms with Gasteiger partial charge in [0.2, 0.25) is 0 Å². The largest absolute Gasteiger partial charge is 0.391 e. The van der Waals surface area contributed by atoms with Crippen LogP contribution in [-0.4, -0.2) is 39.9 Å². The molecule has 4 heteroatoms. The predicted molar refractivity (Wildman–Crippen MR) is 37.8 cm³/mol. The van der Waals surface area contributed by atoms with Gasteiger partial charge in [0, 0.05) is 5.92 Å². The van der Waals surface area contributed by atoms with Gasteiger partial charge in [0.25, 0.3) is 0 Å². The lowest BCUT2D eigenvalue weighted by Gasteiger charge is -2.23. The summed E-state index contributed by atoms with van der Waals surface area (Å²) in [5, 5.41) is 27.6. The van der Waals surface area contributed by atoms with Crippen LogP contribution in [0.4, 0.5) is 0 Å². The molecule has 1 aliphatic rings. The molecule has 0 saturated carbocycles. The molecule has 11 heavy (non-hydrogen) atoms. The van der Waals surface area contributed by atoms with Crippen LogP contribution in [-0.2, 0) is 4.74 Å². The van der Waals surface area contributed by atoms with E-state index in [0.717, 1.165) is 0 Å². The quantitative estimate of drug-likeness (QED) is 0.466. The first-order valence-electron chi connectivity index (χ1n) is 3.70. The van der Waals surface area contributed by atoms with E-state index in [2.05, 4.69) is 0 Å². The van der Waals surface area contributed by atoms with Gasteiger partial charge in [-0.2, -0.15) is 0 Å². The summed E-state index contributed by atoms with van der Waals surface area (Å²) in [6.07, 6.45) is -1.12. The summed E-state index contributed by atoms with van der Waals surface area (Å²) in [5.74, 6) is -2.00.